The van der Waals surface area contributed by atoms with Crippen LogP contribution in [0.1, 0.15) is 24.1 Å². The Labute approximate surface area is 143 Å². The second-order valence-electron chi connectivity index (χ2n) is 4.70. The van der Waals surface area contributed by atoms with Gasteiger partial charge in [0.15, 0.2) is 0 Å². The van der Waals surface area contributed by atoms with Crippen molar-refractivity contribution in [3.05, 3.63) is 33.8 Å². The van der Waals surface area contributed by atoms with Crippen molar-refractivity contribution in [3.8, 4) is 0 Å². The summed E-state index contributed by atoms with van der Waals surface area (Å²) in [6.07, 6.45) is -4.29. The molecule has 2 nitrogen and oxygen atoms in total. The topological polar surface area (TPSA) is 15.3 Å². The van der Waals surface area contributed by atoms with E-state index in [1.54, 1.807) is 0 Å². The average molecular weight is 410 g/mol. The molecule has 1 aliphatic rings. The Morgan fingerprint density at radius 1 is 1.19 bits per heavy atom. The molecule has 1 aromatic carbocycles. The quantitative estimate of drug-likeness (QED) is 0.784. The third kappa shape index (κ3) is 5.28. The number of benzene rings is 1. The van der Waals surface area contributed by atoms with Gasteiger partial charge in [-0.3, -0.25) is 4.90 Å². The molecule has 0 unspecified atom stereocenters. The lowest BCUT2D eigenvalue weighted by atomic mass is 10.0. The second kappa shape index (κ2) is 8.58. The van der Waals surface area contributed by atoms with E-state index in [1.807, 2.05) is 6.92 Å². The second-order valence-corrected chi connectivity index (χ2v) is 5.55. The molecule has 1 N–H and O–H groups in total. The molecule has 0 aliphatic carbocycles. The van der Waals surface area contributed by atoms with Crippen molar-refractivity contribution >= 4 is 40.7 Å². The molecule has 1 saturated heterocycles. The number of rotatable bonds is 2. The van der Waals surface area contributed by atoms with Crippen LogP contribution in [0.3, 0.4) is 0 Å². The number of hydrogen-bond donors (Lipinski definition) is 1. The Morgan fingerprint density at radius 2 is 1.76 bits per heavy atom. The number of nitrogens with one attached hydrogen (secondary N) is 1. The van der Waals surface area contributed by atoms with E-state index in [9.17, 15) is 13.2 Å². The van der Waals surface area contributed by atoms with Crippen LogP contribution in [0.5, 0.6) is 0 Å². The number of hydrogen-bond acceptors (Lipinski definition) is 2. The molecule has 1 aliphatic heterocycles. The van der Waals surface area contributed by atoms with E-state index in [0.717, 1.165) is 36.7 Å². The van der Waals surface area contributed by atoms with Gasteiger partial charge < -0.3 is 5.32 Å². The van der Waals surface area contributed by atoms with Crippen LogP contribution in [-0.4, -0.2) is 31.1 Å². The Balaban J connectivity index is 0.00000200. The van der Waals surface area contributed by atoms with Crippen LogP contribution in [-0.2, 0) is 6.18 Å². The van der Waals surface area contributed by atoms with Crippen molar-refractivity contribution < 1.29 is 13.2 Å². The molecule has 0 aromatic heterocycles. The Hall–Kier alpha value is -0.0100. The van der Waals surface area contributed by atoms with Gasteiger partial charge in [-0.25, -0.2) is 0 Å². The van der Waals surface area contributed by atoms with Gasteiger partial charge in [-0.1, -0.05) is 15.9 Å². The fourth-order valence-electron chi connectivity index (χ4n) is 2.31. The van der Waals surface area contributed by atoms with E-state index in [2.05, 4.69) is 26.1 Å². The van der Waals surface area contributed by atoms with E-state index < -0.39 is 11.7 Å². The zero-order chi connectivity index (χ0) is 14.0. The number of alkyl halides is 3. The van der Waals surface area contributed by atoms with Crippen LogP contribution in [0.25, 0.3) is 0 Å². The highest BCUT2D eigenvalue weighted by molar-refractivity contribution is 9.10. The third-order valence-corrected chi connectivity index (χ3v) is 4.19. The van der Waals surface area contributed by atoms with Crippen molar-refractivity contribution in [2.45, 2.75) is 19.1 Å². The first kappa shape index (κ1) is 21.0. The van der Waals surface area contributed by atoms with E-state index in [0.29, 0.717) is 5.56 Å². The molecule has 122 valence electrons. The zero-order valence-corrected chi connectivity index (χ0v) is 14.6. The summed E-state index contributed by atoms with van der Waals surface area (Å²) in [5.41, 5.74) is 0.101. The number of piperazine rings is 1. The van der Waals surface area contributed by atoms with Crippen LogP contribution in [0.4, 0.5) is 13.2 Å². The monoisotopic (exact) mass is 408 g/mol. The molecule has 0 saturated carbocycles. The Bertz CT molecular complexity index is 452. The lowest BCUT2D eigenvalue weighted by molar-refractivity contribution is -0.137. The molecular weight excluding hydrogens is 392 g/mol. The van der Waals surface area contributed by atoms with E-state index in [1.165, 1.54) is 12.1 Å². The first-order chi connectivity index (χ1) is 8.89. The standard InChI is InChI=1S/C13H16BrF3N2.2ClH/c1-9(19-6-4-18-5-7-19)11-8-10(13(15,16)17)2-3-12(11)14;;/h2-3,8-9,18H,4-7H2,1H3;2*1H/t9-;;/m1../s1. The average Bonchev–Trinajstić information content (AvgIpc) is 2.38. The minimum absolute atomic E-state index is 0. The SMILES string of the molecule is C[C@H](c1cc(C(F)(F)F)ccc1Br)N1CCNCC1.Cl.Cl. The lowest BCUT2D eigenvalue weighted by Crippen LogP contribution is -2.44. The van der Waals surface area contributed by atoms with Gasteiger partial charge in [-0.2, -0.15) is 13.2 Å². The maximum atomic E-state index is 12.8. The first-order valence-electron chi connectivity index (χ1n) is 6.21. The highest BCUT2D eigenvalue weighted by Gasteiger charge is 2.32. The Morgan fingerprint density at radius 3 is 2.29 bits per heavy atom. The van der Waals surface area contributed by atoms with Crippen molar-refractivity contribution in [1.29, 1.82) is 0 Å². The van der Waals surface area contributed by atoms with Crippen molar-refractivity contribution in [1.82, 2.24) is 10.2 Å². The van der Waals surface area contributed by atoms with Crippen molar-refractivity contribution in [3.63, 3.8) is 0 Å². The van der Waals surface area contributed by atoms with Crippen LogP contribution in [0.15, 0.2) is 22.7 Å². The summed E-state index contributed by atoms with van der Waals surface area (Å²) < 4.78 is 39.0. The molecule has 1 fully saturated rings. The molecule has 8 heteroatoms. The zero-order valence-electron chi connectivity index (χ0n) is 11.4. The molecule has 0 bridgehead atoms. The maximum absolute atomic E-state index is 12.8. The first-order valence-corrected chi connectivity index (χ1v) is 7.00. The predicted molar refractivity (Wildman–Crippen MR) is 86.5 cm³/mol. The smallest absolute Gasteiger partial charge is 0.314 e. The highest BCUT2D eigenvalue weighted by atomic mass is 79.9. The number of nitrogens with zero attached hydrogens (tertiary/aromatic N) is 1. The molecule has 0 amide bonds. The summed E-state index contributed by atoms with van der Waals surface area (Å²) in [6, 6.07) is 3.81. The van der Waals surface area contributed by atoms with Gasteiger partial charge in [-0.15, -0.1) is 24.8 Å². The molecule has 1 heterocycles. The molecular formula is C13H18BrCl2F3N2. The summed E-state index contributed by atoms with van der Waals surface area (Å²) in [6.45, 7) is 5.40. The minimum Gasteiger partial charge on any atom is -0.314 e. The summed E-state index contributed by atoms with van der Waals surface area (Å²) in [5.74, 6) is 0. The lowest BCUT2D eigenvalue weighted by Gasteiger charge is -2.33. The van der Waals surface area contributed by atoms with Gasteiger partial charge in [0.2, 0.25) is 0 Å². The number of halogens is 6. The molecule has 1 aromatic rings. The molecule has 21 heavy (non-hydrogen) atoms. The maximum Gasteiger partial charge on any atom is 0.416 e. The Kier molecular flexibility index (Phi) is 8.57. The summed E-state index contributed by atoms with van der Waals surface area (Å²) in [4.78, 5) is 2.19. The van der Waals surface area contributed by atoms with E-state index in [4.69, 9.17) is 0 Å². The molecule has 1 atom stereocenters. The van der Waals surface area contributed by atoms with Crippen LogP contribution < -0.4 is 5.32 Å². The molecule has 0 radical (unpaired) electrons. The summed E-state index contributed by atoms with van der Waals surface area (Å²) in [7, 11) is 0. The van der Waals surface area contributed by atoms with E-state index >= 15 is 0 Å². The predicted octanol–water partition coefficient (Wildman–Crippen LogP) is 4.28. The molecule has 0 spiro atoms. The normalized spacial score (nSPS) is 17.6. The van der Waals surface area contributed by atoms with Gasteiger partial charge in [-0.05, 0) is 30.7 Å². The van der Waals surface area contributed by atoms with Crippen molar-refractivity contribution in [2.75, 3.05) is 26.2 Å². The fraction of sp³-hybridized carbons (Fsp3) is 0.538. The van der Waals surface area contributed by atoms with Crippen LogP contribution in [0.2, 0.25) is 0 Å². The summed E-state index contributed by atoms with van der Waals surface area (Å²) >= 11 is 3.35. The molecule has 2 rings (SSSR count). The van der Waals surface area contributed by atoms with Gasteiger partial charge >= 0.3 is 6.18 Å². The van der Waals surface area contributed by atoms with Gasteiger partial charge in [0.05, 0.1) is 5.56 Å². The van der Waals surface area contributed by atoms with Gasteiger partial charge in [0, 0.05) is 36.7 Å². The fourth-order valence-corrected chi connectivity index (χ4v) is 2.88. The summed E-state index contributed by atoms with van der Waals surface area (Å²) in [5, 5.41) is 3.24. The van der Waals surface area contributed by atoms with E-state index in [-0.39, 0.29) is 30.9 Å². The van der Waals surface area contributed by atoms with Gasteiger partial charge in [0.1, 0.15) is 0 Å². The third-order valence-electron chi connectivity index (χ3n) is 3.47. The van der Waals surface area contributed by atoms with Crippen LogP contribution in [0, 0.1) is 0 Å². The van der Waals surface area contributed by atoms with Gasteiger partial charge in [0.25, 0.3) is 0 Å². The van der Waals surface area contributed by atoms with Crippen molar-refractivity contribution in [2.24, 2.45) is 0 Å². The largest absolute Gasteiger partial charge is 0.416 e. The minimum atomic E-state index is -4.29. The highest BCUT2D eigenvalue weighted by Crippen LogP contribution is 2.35. The van der Waals surface area contributed by atoms with Crippen LogP contribution >= 0.6 is 40.7 Å².